The van der Waals surface area contributed by atoms with Gasteiger partial charge in [0, 0.05) is 38.8 Å². The summed E-state index contributed by atoms with van der Waals surface area (Å²) in [6.07, 6.45) is 0. The van der Waals surface area contributed by atoms with Crippen molar-refractivity contribution in [3.8, 4) is 0 Å². The van der Waals surface area contributed by atoms with Crippen molar-refractivity contribution in [3.05, 3.63) is 71.3 Å². The zero-order chi connectivity index (χ0) is 18.2. The van der Waals surface area contributed by atoms with Crippen LogP contribution in [-0.4, -0.2) is 24.9 Å². The number of hydrogen-bond donors (Lipinski definition) is 2. The Labute approximate surface area is 149 Å². The fourth-order valence-corrected chi connectivity index (χ4v) is 3.01. The van der Waals surface area contributed by atoms with E-state index in [4.69, 9.17) is 0 Å². The predicted molar refractivity (Wildman–Crippen MR) is 100 cm³/mol. The van der Waals surface area contributed by atoms with Crippen LogP contribution < -0.4 is 10.6 Å². The minimum absolute atomic E-state index is 0.0524. The van der Waals surface area contributed by atoms with Crippen LogP contribution in [0.15, 0.2) is 54.6 Å². The van der Waals surface area contributed by atoms with E-state index < -0.39 is 0 Å². The van der Waals surface area contributed by atoms with Gasteiger partial charge in [0.05, 0.1) is 0 Å². The van der Waals surface area contributed by atoms with E-state index in [0.29, 0.717) is 13.1 Å². The summed E-state index contributed by atoms with van der Waals surface area (Å²) >= 11 is 0. The van der Waals surface area contributed by atoms with Crippen LogP contribution in [0.3, 0.4) is 0 Å². The molecule has 0 heterocycles. The van der Waals surface area contributed by atoms with Crippen LogP contribution in [0.2, 0.25) is 0 Å². The van der Waals surface area contributed by atoms with Crippen molar-refractivity contribution in [2.45, 2.75) is 32.6 Å². The number of carbonyl (C=O) groups excluding carboxylic acids is 2. The second kappa shape index (κ2) is 9.02. The molecule has 2 unspecified atom stereocenters. The Morgan fingerprint density at radius 3 is 1.64 bits per heavy atom. The van der Waals surface area contributed by atoms with Crippen molar-refractivity contribution in [2.75, 3.05) is 13.1 Å². The van der Waals surface area contributed by atoms with Crippen molar-refractivity contribution in [1.82, 2.24) is 10.6 Å². The highest BCUT2D eigenvalue weighted by molar-refractivity contribution is 5.73. The van der Waals surface area contributed by atoms with Crippen LogP contribution >= 0.6 is 0 Å². The van der Waals surface area contributed by atoms with Crippen LogP contribution in [0, 0.1) is 6.92 Å². The first-order valence-corrected chi connectivity index (χ1v) is 8.57. The molecule has 2 aromatic carbocycles. The summed E-state index contributed by atoms with van der Waals surface area (Å²) < 4.78 is 0. The minimum Gasteiger partial charge on any atom is -0.356 e. The first-order valence-electron chi connectivity index (χ1n) is 8.57. The minimum atomic E-state index is -0.0527. The summed E-state index contributed by atoms with van der Waals surface area (Å²) in [6, 6.07) is 18.5. The third-order valence-corrected chi connectivity index (χ3v) is 4.36. The quantitative estimate of drug-likeness (QED) is 0.815. The van der Waals surface area contributed by atoms with Gasteiger partial charge >= 0.3 is 0 Å². The molecule has 4 nitrogen and oxygen atoms in total. The highest BCUT2D eigenvalue weighted by atomic mass is 16.2. The number of hydrogen-bond acceptors (Lipinski definition) is 2. The Kier molecular flexibility index (Phi) is 6.75. The Morgan fingerprint density at radius 2 is 1.20 bits per heavy atom. The molecule has 0 aliphatic rings. The van der Waals surface area contributed by atoms with Crippen LogP contribution in [0.1, 0.15) is 42.4 Å². The molecule has 0 spiro atoms. The first kappa shape index (κ1) is 18.7. The van der Waals surface area contributed by atoms with Crippen LogP contribution in [0.25, 0.3) is 0 Å². The highest BCUT2D eigenvalue weighted by Gasteiger charge is 2.25. The third kappa shape index (κ3) is 5.75. The van der Waals surface area contributed by atoms with Gasteiger partial charge in [0.25, 0.3) is 0 Å². The monoisotopic (exact) mass is 338 g/mol. The maximum absolute atomic E-state index is 11.5. The number of nitrogens with one attached hydrogen (secondary N) is 2. The van der Waals surface area contributed by atoms with Crippen molar-refractivity contribution in [3.63, 3.8) is 0 Å². The van der Waals surface area contributed by atoms with Crippen LogP contribution in [0.4, 0.5) is 0 Å². The largest absolute Gasteiger partial charge is 0.356 e. The molecule has 4 heteroatoms. The molecule has 0 radical (unpaired) electrons. The van der Waals surface area contributed by atoms with E-state index in [2.05, 4.69) is 54.0 Å². The molecular weight excluding hydrogens is 312 g/mol. The highest BCUT2D eigenvalue weighted by Crippen LogP contribution is 2.32. The summed E-state index contributed by atoms with van der Waals surface area (Å²) in [5, 5.41) is 5.89. The second-order valence-electron chi connectivity index (χ2n) is 6.41. The van der Waals surface area contributed by atoms with E-state index in [-0.39, 0.29) is 23.7 Å². The molecule has 0 aliphatic heterocycles. The van der Waals surface area contributed by atoms with Crippen molar-refractivity contribution in [1.29, 1.82) is 0 Å². The van der Waals surface area contributed by atoms with Gasteiger partial charge in [-0.3, -0.25) is 9.59 Å². The lowest BCUT2D eigenvalue weighted by molar-refractivity contribution is -0.120. The summed E-state index contributed by atoms with van der Waals surface area (Å²) in [7, 11) is 0. The lowest BCUT2D eigenvalue weighted by Gasteiger charge is -2.28. The van der Waals surface area contributed by atoms with E-state index in [9.17, 15) is 9.59 Å². The zero-order valence-corrected chi connectivity index (χ0v) is 15.1. The van der Waals surface area contributed by atoms with Gasteiger partial charge in [-0.25, -0.2) is 0 Å². The Bertz CT molecular complexity index is 696. The van der Waals surface area contributed by atoms with Crippen molar-refractivity contribution < 1.29 is 9.59 Å². The topological polar surface area (TPSA) is 58.2 Å². The van der Waals surface area contributed by atoms with Gasteiger partial charge in [0.2, 0.25) is 11.8 Å². The lowest BCUT2D eigenvalue weighted by Crippen LogP contribution is -2.34. The smallest absolute Gasteiger partial charge is 0.216 e. The van der Waals surface area contributed by atoms with Gasteiger partial charge in [-0.2, -0.15) is 0 Å². The molecule has 2 rings (SSSR count). The molecular formula is C21H26N2O2. The fourth-order valence-electron chi connectivity index (χ4n) is 3.01. The number of amides is 2. The first-order chi connectivity index (χ1) is 12.0. The zero-order valence-electron chi connectivity index (χ0n) is 15.1. The molecule has 2 amide bonds. The van der Waals surface area contributed by atoms with E-state index in [1.807, 2.05) is 18.2 Å². The number of rotatable bonds is 7. The van der Waals surface area contributed by atoms with Crippen molar-refractivity contribution >= 4 is 11.8 Å². The molecule has 2 aromatic rings. The summed E-state index contributed by atoms with van der Waals surface area (Å²) in [4.78, 5) is 22.9. The SMILES string of the molecule is CC(=O)NCC(c1ccccc1)C(CNC(C)=O)c1ccc(C)cc1. The third-order valence-electron chi connectivity index (χ3n) is 4.36. The van der Waals surface area contributed by atoms with Crippen molar-refractivity contribution in [2.24, 2.45) is 0 Å². The molecule has 0 fully saturated rings. The second-order valence-corrected chi connectivity index (χ2v) is 6.41. The van der Waals surface area contributed by atoms with E-state index in [0.717, 1.165) is 11.1 Å². The van der Waals surface area contributed by atoms with Gasteiger partial charge in [0.15, 0.2) is 0 Å². The number of benzene rings is 2. The molecule has 0 bridgehead atoms. The van der Waals surface area contributed by atoms with E-state index in [1.165, 1.54) is 19.4 Å². The van der Waals surface area contributed by atoms with Crippen LogP contribution in [0.5, 0.6) is 0 Å². The Morgan fingerprint density at radius 1 is 0.760 bits per heavy atom. The molecule has 0 aliphatic carbocycles. The molecule has 0 saturated heterocycles. The normalized spacial score (nSPS) is 12.9. The van der Waals surface area contributed by atoms with Gasteiger partial charge in [-0.15, -0.1) is 0 Å². The standard InChI is InChI=1S/C21H26N2O2/c1-15-9-11-19(12-10-15)21(14-23-17(3)25)20(13-22-16(2)24)18-7-5-4-6-8-18/h4-12,20-21H,13-14H2,1-3H3,(H,22,24)(H,23,25). The predicted octanol–water partition coefficient (Wildman–Crippen LogP) is 3.13. The maximum Gasteiger partial charge on any atom is 0.216 e. The fraction of sp³-hybridized carbons (Fsp3) is 0.333. The van der Waals surface area contributed by atoms with Gasteiger partial charge < -0.3 is 10.6 Å². The summed E-state index contributed by atoms with van der Waals surface area (Å²) in [6.45, 7) is 6.15. The molecule has 2 N–H and O–H groups in total. The molecule has 2 atom stereocenters. The average Bonchev–Trinajstić information content (AvgIpc) is 2.59. The molecule has 132 valence electrons. The van der Waals surface area contributed by atoms with Gasteiger partial charge in [-0.1, -0.05) is 60.2 Å². The summed E-state index contributed by atoms with van der Waals surface area (Å²) in [5.74, 6) is 0.0324. The van der Waals surface area contributed by atoms with E-state index >= 15 is 0 Å². The Hall–Kier alpha value is -2.62. The lowest BCUT2D eigenvalue weighted by atomic mass is 9.81. The van der Waals surface area contributed by atoms with Gasteiger partial charge in [0.1, 0.15) is 0 Å². The number of aryl methyl sites for hydroxylation is 1. The Balaban J connectivity index is 2.37. The molecule has 0 aromatic heterocycles. The van der Waals surface area contributed by atoms with Crippen LogP contribution in [-0.2, 0) is 9.59 Å². The number of carbonyl (C=O) groups is 2. The average molecular weight is 338 g/mol. The molecule has 0 saturated carbocycles. The molecule has 25 heavy (non-hydrogen) atoms. The van der Waals surface area contributed by atoms with Gasteiger partial charge in [-0.05, 0) is 18.1 Å². The summed E-state index contributed by atoms with van der Waals surface area (Å²) in [5.41, 5.74) is 3.49. The van der Waals surface area contributed by atoms with E-state index in [1.54, 1.807) is 0 Å². The maximum atomic E-state index is 11.5.